The van der Waals surface area contributed by atoms with Gasteiger partial charge in [0.1, 0.15) is 11.2 Å². The Morgan fingerprint density at radius 1 is 0.426 bits per heavy atom. The van der Waals surface area contributed by atoms with Crippen molar-refractivity contribution < 1.29 is 4.42 Å². The first kappa shape index (κ1) is 26.3. The highest BCUT2D eigenvalue weighted by Crippen LogP contribution is 2.46. The molecule has 0 radical (unpaired) electrons. The van der Waals surface area contributed by atoms with Gasteiger partial charge in [-0.1, -0.05) is 103 Å². The maximum atomic E-state index is 6.70. The first-order valence-corrected chi connectivity index (χ1v) is 16.7. The van der Waals surface area contributed by atoms with E-state index in [1.807, 2.05) is 11.3 Å². The number of furan rings is 1. The summed E-state index contributed by atoms with van der Waals surface area (Å²) in [6, 6.07) is 58.9. The lowest BCUT2D eigenvalue weighted by atomic mass is 9.97. The number of nitrogens with zero attached hydrogens (tertiary/aromatic N) is 1. The second kappa shape index (κ2) is 10.3. The molecular formula is C44H27NOS. The molecule has 47 heavy (non-hydrogen) atoms. The standard InChI is InChI=1S/C44H27NOS/c1-2-14-31(15-3-1)45(32-16-8-13-30(26-32)35-19-9-12-28-10-4-6-17-34(28)35)33-21-24-40-38(27-33)43-41(47-40)25-22-37-42-36-18-7-5-11-29(36)20-23-39(42)46-44(37)43/h1-27H. The largest absolute Gasteiger partial charge is 0.455 e. The molecule has 0 N–H and O–H groups in total. The van der Waals surface area contributed by atoms with Crippen LogP contribution < -0.4 is 4.90 Å². The van der Waals surface area contributed by atoms with Gasteiger partial charge in [0.05, 0.1) is 0 Å². The number of thiophene rings is 1. The number of hydrogen-bond donors (Lipinski definition) is 0. The maximum absolute atomic E-state index is 6.70. The van der Waals surface area contributed by atoms with E-state index in [1.165, 1.54) is 58.2 Å². The van der Waals surface area contributed by atoms with Crippen molar-refractivity contribution in [1.82, 2.24) is 0 Å². The Labute approximate surface area is 275 Å². The van der Waals surface area contributed by atoms with Gasteiger partial charge in [0.15, 0.2) is 0 Å². The van der Waals surface area contributed by atoms with Crippen LogP contribution in [0.4, 0.5) is 17.1 Å². The number of hydrogen-bond acceptors (Lipinski definition) is 3. The minimum absolute atomic E-state index is 0.929. The van der Waals surface area contributed by atoms with Gasteiger partial charge in [0.2, 0.25) is 0 Å². The third-order valence-corrected chi connectivity index (χ3v) is 10.6. The smallest absolute Gasteiger partial charge is 0.144 e. The van der Waals surface area contributed by atoms with E-state index in [9.17, 15) is 0 Å². The van der Waals surface area contributed by atoms with Crippen molar-refractivity contribution in [3.63, 3.8) is 0 Å². The zero-order valence-electron chi connectivity index (χ0n) is 25.4. The fraction of sp³-hybridized carbons (Fsp3) is 0. The van der Waals surface area contributed by atoms with E-state index in [-0.39, 0.29) is 0 Å². The maximum Gasteiger partial charge on any atom is 0.144 e. The Kier molecular flexibility index (Phi) is 5.78. The van der Waals surface area contributed by atoms with E-state index in [0.29, 0.717) is 0 Å². The van der Waals surface area contributed by atoms with E-state index in [4.69, 9.17) is 4.42 Å². The highest BCUT2D eigenvalue weighted by Gasteiger charge is 2.19. The molecule has 220 valence electrons. The normalized spacial score (nSPS) is 11.8. The summed E-state index contributed by atoms with van der Waals surface area (Å²) in [4.78, 5) is 2.36. The van der Waals surface area contributed by atoms with Crippen LogP contribution in [-0.2, 0) is 0 Å². The van der Waals surface area contributed by atoms with Crippen molar-refractivity contribution in [3.8, 4) is 11.1 Å². The molecule has 0 saturated heterocycles. The van der Waals surface area contributed by atoms with E-state index in [2.05, 4.69) is 169 Å². The molecule has 0 amide bonds. The number of fused-ring (bicyclic) bond motifs is 10. The van der Waals surface area contributed by atoms with Gasteiger partial charge in [-0.05, 0) is 93.3 Å². The molecule has 0 aliphatic heterocycles. The first-order chi connectivity index (χ1) is 23.3. The molecule has 2 heterocycles. The fourth-order valence-corrected chi connectivity index (χ4v) is 8.39. The van der Waals surface area contributed by atoms with Crippen LogP contribution in [0.15, 0.2) is 168 Å². The van der Waals surface area contributed by atoms with Gasteiger partial charge in [-0.3, -0.25) is 0 Å². The van der Waals surface area contributed by atoms with Gasteiger partial charge in [-0.25, -0.2) is 0 Å². The monoisotopic (exact) mass is 617 g/mol. The van der Waals surface area contributed by atoms with Crippen LogP contribution in [0.1, 0.15) is 0 Å². The summed E-state index contributed by atoms with van der Waals surface area (Å²) in [6.07, 6.45) is 0. The SMILES string of the molecule is c1ccc(N(c2cccc(-c3cccc4ccccc34)c2)c2ccc3sc4ccc5c(oc6ccc7ccccc7c65)c4c3c2)cc1. The van der Waals surface area contributed by atoms with Crippen molar-refractivity contribution >= 4 is 92.1 Å². The molecule has 2 aromatic heterocycles. The predicted octanol–water partition coefficient (Wildman–Crippen LogP) is 13.4. The van der Waals surface area contributed by atoms with Gasteiger partial charge >= 0.3 is 0 Å². The van der Waals surface area contributed by atoms with Crippen LogP contribution in [0.2, 0.25) is 0 Å². The number of rotatable bonds is 4. The first-order valence-electron chi connectivity index (χ1n) is 15.9. The lowest BCUT2D eigenvalue weighted by Gasteiger charge is -2.26. The van der Waals surface area contributed by atoms with Gasteiger partial charge in [0.25, 0.3) is 0 Å². The Morgan fingerprint density at radius 2 is 1.13 bits per heavy atom. The molecule has 10 rings (SSSR count). The van der Waals surface area contributed by atoms with Crippen LogP contribution >= 0.6 is 11.3 Å². The highest BCUT2D eigenvalue weighted by atomic mass is 32.1. The lowest BCUT2D eigenvalue weighted by molar-refractivity contribution is 0.673. The summed E-state index contributed by atoms with van der Waals surface area (Å²) >= 11 is 1.82. The van der Waals surface area contributed by atoms with E-state index >= 15 is 0 Å². The molecule has 0 fully saturated rings. The van der Waals surface area contributed by atoms with Crippen molar-refractivity contribution in [1.29, 1.82) is 0 Å². The van der Waals surface area contributed by atoms with Crippen molar-refractivity contribution in [2.24, 2.45) is 0 Å². The minimum Gasteiger partial charge on any atom is -0.455 e. The van der Waals surface area contributed by atoms with Crippen molar-refractivity contribution in [3.05, 3.63) is 164 Å². The minimum atomic E-state index is 0.929. The molecule has 0 atom stereocenters. The summed E-state index contributed by atoms with van der Waals surface area (Å²) < 4.78 is 9.19. The molecule has 2 nitrogen and oxygen atoms in total. The summed E-state index contributed by atoms with van der Waals surface area (Å²) in [5.41, 5.74) is 7.65. The molecule has 0 aliphatic carbocycles. The average molecular weight is 618 g/mol. The van der Waals surface area contributed by atoms with Gasteiger partial charge in [-0.15, -0.1) is 11.3 Å². The molecule has 0 unspecified atom stereocenters. The number of benzene rings is 8. The molecule has 0 spiro atoms. The second-order valence-electron chi connectivity index (χ2n) is 12.1. The zero-order valence-corrected chi connectivity index (χ0v) is 26.2. The van der Waals surface area contributed by atoms with Gasteiger partial charge < -0.3 is 9.32 Å². The number of anilines is 3. The van der Waals surface area contributed by atoms with Crippen LogP contribution in [0.5, 0.6) is 0 Å². The average Bonchev–Trinajstić information content (AvgIpc) is 3.70. The Balaban J connectivity index is 1.20. The topological polar surface area (TPSA) is 16.4 Å². The summed E-state index contributed by atoms with van der Waals surface area (Å²) in [5, 5.41) is 9.70. The van der Waals surface area contributed by atoms with Crippen LogP contribution in [-0.4, -0.2) is 0 Å². The Bertz CT molecular complexity index is 2800. The van der Waals surface area contributed by atoms with E-state index in [1.54, 1.807) is 0 Å². The van der Waals surface area contributed by atoms with Crippen LogP contribution in [0, 0.1) is 0 Å². The molecule has 3 heteroatoms. The van der Waals surface area contributed by atoms with Gasteiger partial charge in [-0.2, -0.15) is 0 Å². The third kappa shape index (κ3) is 4.10. The highest BCUT2D eigenvalue weighted by molar-refractivity contribution is 7.26. The van der Waals surface area contributed by atoms with Gasteiger partial charge in [0, 0.05) is 48.0 Å². The second-order valence-corrected chi connectivity index (χ2v) is 13.2. The molecule has 0 aliphatic rings. The third-order valence-electron chi connectivity index (χ3n) is 9.42. The quantitative estimate of drug-likeness (QED) is 0.195. The molecular weight excluding hydrogens is 591 g/mol. The van der Waals surface area contributed by atoms with Crippen molar-refractivity contribution in [2.45, 2.75) is 0 Å². The Hall–Kier alpha value is -5.90. The lowest BCUT2D eigenvalue weighted by Crippen LogP contribution is -2.09. The fourth-order valence-electron chi connectivity index (χ4n) is 7.31. The van der Waals surface area contributed by atoms with E-state index in [0.717, 1.165) is 33.6 Å². The van der Waals surface area contributed by atoms with Crippen LogP contribution in [0.3, 0.4) is 0 Å². The predicted molar refractivity (Wildman–Crippen MR) is 202 cm³/mol. The van der Waals surface area contributed by atoms with Crippen LogP contribution in [0.25, 0.3) is 74.8 Å². The molecule has 8 aromatic carbocycles. The molecule has 0 bridgehead atoms. The molecule has 10 aromatic rings. The van der Waals surface area contributed by atoms with E-state index < -0.39 is 0 Å². The van der Waals surface area contributed by atoms with Crippen molar-refractivity contribution in [2.75, 3.05) is 4.90 Å². The summed E-state index contributed by atoms with van der Waals surface area (Å²) in [6.45, 7) is 0. The number of para-hydroxylation sites is 1. The summed E-state index contributed by atoms with van der Waals surface area (Å²) in [7, 11) is 0. The Morgan fingerprint density at radius 3 is 2.02 bits per heavy atom. The molecule has 0 saturated carbocycles. The summed E-state index contributed by atoms with van der Waals surface area (Å²) in [5.74, 6) is 0. The zero-order chi connectivity index (χ0) is 30.9.